The number of carbonyl (C=O) groups is 6. The fourth-order valence-corrected chi connectivity index (χ4v) is 9.14. The van der Waals surface area contributed by atoms with Crippen LogP contribution >= 0.6 is 0 Å². The van der Waals surface area contributed by atoms with Gasteiger partial charge >= 0.3 is 23.9 Å². The molecule has 0 aromatic heterocycles. The minimum absolute atomic E-state index is 0.126. The van der Waals surface area contributed by atoms with Crippen LogP contribution in [0.3, 0.4) is 0 Å². The fraction of sp³-hybridized carbons (Fsp3) is 0.255. The van der Waals surface area contributed by atoms with Gasteiger partial charge in [0.05, 0.1) is 75.3 Å². The summed E-state index contributed by atoms with van der Waals surface area (Å²) in [6.45, 7) is 8.31. The molecule has 4 aliphatic heterocycles. The van der Waals surface area contributed by atoms with E-state index >= 15 is 0 Å². The monoisotopic (exact) mass is 910 g/mol. The molecule has 0 saturated carbocycles. The first-order chi connectivity index (χ1) is 32.5. The number of para-hydroxylation sites is 2. The van der Waals surface area contributed by atoms with Gasteiger partial charge in [-0.15, -0.1) is 13.2 Å². The second-order valence-corrected chi connectivity index (χ2v) is 15.5. The van der Waals surface area contributed by atoms with Gasteiger partial charge < -0.3 is 47.7 Å². The highest BCUT2D eigenvalue weighted by molar-refractivity contribution is 6.19. The van der Waals surface area contributed by atoms with Gasteiger partial charge in [0.15, 0.2) is 0 Å². The minimum Gasteiger partial charge on any atom is -0.493 e. The van der Waals surface area contributed by atoms with E-state index < -0.39 is 59.1 Å². The van der Waals surface area contributed by atoms with Gasteiger partial charge in [-0.25, -0.2) is 19.2 Å². The van der Waals surface area contributed by atoms with Gasteiger partial charge in [0.1, 0.15) is 23.7 Å². The van der Waals surface area contributed by atoms with Crippen LogP contribution in [0.5, 0.6) is 11.5 Å². The van der Waals surface area contributed by atoms with E-state index in [4.69, 9.17) is 37.9 Å². The van der Waals surface area contributed by atoms with Crippen LogP contribution in [0, 0.1) is 0 Å². The molecule has 0 unspecified atom stereocenters. The number of hydrogen-bond donors (Lipinski definition) is 0. The second kappa shape index (κ2) is 18.6. The molecule has 4 atom stereocenters. The van der Waals surface area contributed by atoms with Crippen molar-refractivity contribution in [3.05, 3.63) is 167 Å². The lowest BCUT2D eigenvalue weighted by Gasteiger charge is -2.27. The van der Waals surface area contributed by atoms with Crippen LogP contribution in [0.2, 0.25) is 0 Å². The highest BCUT2D eigenvalue weighted by atomic mass is 16.6. The Bertz CT molecular complexity index is 2570. The standard InChI is InChI=1S/C51H46N2O14/c1-7-26-52-36-16-11-9-14-34(36)50(48(52)58)40(46(56)62-5)38(44(54)60-3)42(66-50)30-18-22-32(23-19-30)64-28-13-29-65-33-24-20-31(21-25-33)43-39(45(55)61-4)41(47(57)63-6)51(67-43)35-15-10-12-17-37(35)53(27-8-2)49(51)59/h7-12,14-25,42-43H,1-2,13,26-29H2,3-6H3/t42-,43-,50+,51+/m0/s1. The van der Waals surface area contributed by atoms with E-state index in [-0.39, 0.29) is 48.6 Å². The normalized spacial score (nSPS) is 21.4. The van der Waals surface area contributed by atoms with Crippen molar-refractivity contribution in [3.63, 3.8) is 0 Å². The number of carbonyl (C=O) groups excluding carboxylic acids is 6. The van der Waals surface area contributed by atoms with Crippen LogP contribution in [0.4, 0.5) is 11.4 Å². The number of benzene rings is 4. The van der Waals surface area contributed by atoms with Crippen molar-refractivity contribution >= 4 is 47.1 Å². The molecule has 4 aromatic carbocycles. The van der Waals surface area contributed by atoms with Crippen LogP contribution in [0.15, 0.2) is 145 Å². The lowest BCUT2D eigenvalue weighted by atomic mass is 9.85. The van der Waals surface area contributed by atoms with E-state index in [1.165, 1.54) is 24.0 Å². The minimum atomic E-state index is -1.99. The summed E-state index contributed by atoms with van der Waals surface area (Å²) in [4.78, 5) is 85.5. The lowest BCUT2D eigenvalue weighted by molar-refractivity contribution is -0.148. The van der Waals surface area contributed by atoms with E-state index in [2.05, 4.69) is 13.2 Å². The van der Waals surface area contributed by atoms with Gasteiger partial charge in [-0.1, -0.05) is 72.8 Å². The third kappa shape index (κ3) is 7.34. The van der Waals surface area contributed by atoms with Crippen LogP contribution in [0.25, 0.3) is 0 Å². The predicted molar refractivity (Wildman–Crippen MR) is 240 cm³/mol. The molecule has 0 aliphatic carbocycles. The maximum absolute atomic E-state index is 14.3. The smallest absolute Gasteiger partial charge is 0.338 e. The number of nitrogens with zero attached hydrogens (tertiary/aromatic N) is 2. The molecule has 344 valence electrons. The Morgan fingerprint density at radius 2 is 0.910 bits per heavy atom. The largest absolute Gasteiger partial charge is 0.493 e. The first-order valence-electron chi connectivity index (χ1n) is 21.2. The summed E-state index contributed by atoms with van der Waals surface area (Å²) in [5.74, 6) is -3.71. The Kier molecular flexibility index (Phi) is 12.7. The summed E-state index contributed by atoms with van der Waals surface area (Å²) < 4.78 is 45.7. The number of methoxy groups -OCH3 is 4. The third-order valence-electron chi connectivity index (χ3n) is 12.0. The SMILES string of the molecule is C=CCN1C(=O)[C@@]2(O[C@@H](c3ccc(OCCCOc4ccc([C@@H]5O[C@@]6(C(=O)N(CC=C)c7ccccc76)C(C(=O)OC)=C5C(=O)OC)cc4)cc3)C(C(=O)OC)=C2C(=O)OC)c2ccccc21. The average molecular weight is 911 g/mol. The molecule has 0 saturated heterocycles. The van der Waals surface area contributed by atoms with Crippen LogP contribution in [0.1, 0.15) is 40.9 Å². The summed E-state index contributed by atoms with van der Waals surface area (Å²) in [6, 6.07) is 27.1. The number of ether oxygens (including phenoxy) is 8. The van der Waals surface area contributed by atoms with E-state index in [0.717, 1.165) is 14.2 Å². The molecule has 0 fully saturated rings. The summed E-state index contributed by atoms with van der Waals surface area (Å²) in [6.07, 6.45) is 1.19. The summed E-state index contributed by atoms with van der Waals surface area (Å²) in [7, 11) is 4.68. The molecule has 4 aromatic rings. The zero-order valence-electron chi connectivity index (χ0n) is 37.1. The highest BCUT2D eigenvalue weighted by Crippen LogP contribution is 2.58. The van der Waals surface area contributed by atoms with E-state index in [1.54, 1.807) is 109 Å². The van der Waals surface area contributed by atoms with Gasteiger partial charge in [0.2, 0.25) is 11.2 Å². The predicted octanol–water partition coefficient (Wildman–Crippen LogP) is 5.82. The van der Waals surface area contributed by atoms with Gasteiger partial charge in [0.25, 0.3) is 11.8 Å². The second-order valence-electron chi connectivity index (χ2n) is 15.5. The van der Waals surface area contributed by atoms with Crippen LogP contribution in [-0.2, 0) is 68.4 Å². The zero-order valence-corrected chi connectivity index (χ0v) is 37.1. The van der Waals surface area contributed by atoms with Crippen molar-refractivity contribution in [2.45, 2.75) is 29.8 Å². The molecule has 67 heavy (non-hydrogen) atoms. The average Bonchev–Trinajstić information content (AvgIpc) is 4.05. The topological polar surface area (TPSA) is 183 Å². The molecule has 0 N–H and O–H groups in total. The first-order valence-corrected chi connectivity index (χ1v) is 21.2. The van der Waals surface area contributed by atoms with Crippen molar-refractivity contribution in [2.75, 3.05) is 64.5 Å². The van der Waals surface area contributed by atoms with Crippen molar-refractivity contribution in [2.24, 2.45) is 0 Å². The quantitative estimate of drug-likeness (QED) is 0.0568. The Morgan fingerprint density at radius 3 is 1.25 bits per heavy atom. The molecule has 0 radical (unpaired) electrons. The number of rotatable bonds is 16. The van der Waals surface area contributed by atoms with Crippen molar-refractivity contribution < 1.29 is 66.7 Å². The summed E-state index contributed by atoms with van der Waals surface area (Å²) in [5.41, 5.74) is -2.15. The van der Waals surface area contributed by atoms with E-state index in [0.29, 0.717) is 51.5 Å². The number of amides is 2. The number of fused-ring (bicyclic) bond motifs is 4. The van der Waals surface area contributed by atoms with Crippen LogP contribution in [-0.4, -0.2) is 90.4 Å². The lowest BCUT2D eigenvalue weighted by Crippen LogP contribution is -2.44. The summed E-state index contributed by atoms with van der Waals surface area (Å²) >= 11 is 0. The Hall–Kier alpha value is -7.82. The number of esters is 4. The van der Waals surface area contributed by atoms with Crippen molar-refractivity contribution in [1.82, 2.24) is 0 Å². The molecule has 16 heteroatoms. The molecule has 16 nitrogen and oxygen atoms in total. The van der Waals surface area contributed by atoms with Crippen molar-refractivity contribution in [1.29, 1.82) is 0 Å². The van der Waals surface area contributed by atoms with Crippen LogP contribution < -0.4 is 19.3 Å². The number of hydrogen-bond acceptors (Lipinski definition) is 14. The van der Waals surface area contributed by atoms with E-state index in [1.807, 2.05) is 0 Å². The summed E-state index contributed by atoms with van der Waals surface area (Å²) in [5, 5.41) is 0. The Morgan fingerprint density at radius 1 is 0.552 bits per heavy atom. The third-order valence-corrected chi connectivity index (χ3v) is 12.0. The number of anilines is 2. The highest BCUT2D eigenvalue weighted by Gasteiger charge is 2.65. The zero-order chi connectivity index (χ0) is 47.6. The van der Waals surface area contributed by atoms with Crippen molar-refractivity contribution in [3.8, 4) is 11.5 Å². The molecule has 0 bridgehead atoms. The molecular formula is C51H46N2O14. The molecule has 4 heterocycles. The van der Waals surface area contributed by atoms with Gasteiger partial charge in [-0.05, 0) is 47.5 Å². The molecule has 2 spiro atoms. The molecule has 4 aliphatic rings. The maximum atomic E-state index is 14.3. The molecule has 2 amide bonds. The van der Waals surface area contributed by atoms with Gasteiger partial charge in [0, 0.05) is 30.6 Å². The Balaban J connectivity index is 0.951. The maximum Gasteiger partial charge on any atom is 0.338 e. The van der Waals surface area contributed by atoms with E-state index in [9.17, 15) is 28.8 Å². The molecular weight excluding hydrogens is 865 g/mol. The fourth-order valence-electron chi connectivity index (χ4n) is 9.14. The van der Waals surface area contributed by atoms with Gasteiger partial charge in [-0.2, -0.15) is 0 Å². The Labute approximate surface area is 385 Å². The molecule has 8 rings (SSSR count). The van der Waals surface area contributed by atoms with Gasteiger partial charge in [-0.3, -0.25) is 9.59 Å². The first kappa shape index (κ1) is 45.7.